The minimum Gasteiger partial charge on any atom is -0.495 e. The zero-order chi connectivity index (χ0) is 40.1. The van der Waals surface area contributed by atoms with Gasteiger partial charge in [-0.25, -0.2) is 9.07 Å². The van der Waals surface area contributed by atoms with E-state index in [0.29, 0.717) is 29.2 Å². The van der Waals surface area contributed by atoms with Gasteiger partial charge in [0.25, 0.3) is 11.5 Å². The van der Waals surface area contributed by atoms with E-state index in [1.54, 1.807) is 5.32 Å². The van der Waals surface area contributed by atoms with Crippen LogP contribution < -0.4 is 20.9 Å². The zero-order valence-electron chi connectivity index (χ0n) is 31.6. The van der Waals surface area contributed by atoms with Gasteiger partial charge in [-0.15, -0.1) is 5.10 Å². The van der Waals surface area contributed by atoms with Gasteiger partial charge in [0.2, 0.25) is 5.91 Å². The van der Waals surface area contributed by atoms with Crippen LogP contribution in [0.4, 0.5) is 23.2 Å². The number of hydrogen-bond acceptors (Lipinski definition) is 6. The predicted octanol–water partition coefficient (Wildman–Crippen LogP) is 4.87. The van der Waals surface area contributed by atoms with Crippen molar-refractivity contribution < 1.29 is 47.0 Å². The number of hydrogen-bond donors (Lipinski definition) is 2. The summed E-state index contributed by atoms with van der Waals surface area (Å²) >= 11 is 6.13. The Labute approximate surface area is 256 Å². The van der Waals surface area contributed by atoms with Crippen LogP contribution in [0, 0.1) is 5.82 Å². The van der Waals surface area contributed by atoms with Gasteiger partial charge in [0.15, 0.2) is 5.69 Å². The first-order valence-electron chi connectivity index (χ1n) is 16.8. The predicted molar refractivity (Wildman–Crippen MR) is 145 cm³/mol. The van der Waals surface area contributed by atoms with Crippen LogP contribution in [0.1, 0.15) is 50.4 Å². The van der Waals surface area contributed by atoms with Crippen LogP contribution in [-0.2, 0) is 11.0 Å². The van der Waals surface area contributed by atoms with Gasteiger partial charge >= 0.3 is 6.18 Å². The molecule has 42 heavy (non-hydrogen) atoms. The van der Waals surface area contributed by atoms with Gasteiger partial charge in [-0.1, -0.05) is 23.7 Å². The first kappa shape index (κ1) is 18.7. The van der Waals surface area contributed by atoms with E-state index >= 15 is 0 Å². The summed E-state index contributed by atoms with van der Waals surface area (Å²) < 4.78 is 145. The second-order valence-electron chi connectivity index (χ2n) is 8.29. The standard InChI is InChI=1S/C27H23ClF4N6O4/c1-4-20(26(41)34-15-6-7-16(19(29)10-15)25(40)33-2)37-12-22(42-3)18(11-24(37)39)17-9-14(28)5-8-21(17)38-13-23(35-36-38)27(30,31)32/h5-13,20H,4H2,1-3H3,(H,33,40)(H,34,41)/t20-/m0/s1/i1D3,2D3,3D3,4D2. The lowest BCUT2D eigenvalue weighted by Crippen LogP contribution is -2.32. The SMILES string of the molecule is [2H]C([2H])([2H])NC(=O)c1ccc(NC(=O)[C@@H](n2cc(OC([2H])([2H])[2H])c(-c3cc(Cl)ccc3-n3cc(C(F)(F)F)nn3)cc2=O)C([2H])([2H])C([2H])([2H])[2H])cc1F. The van der Waals surface area contributed by atoms with E-state index in [1.807, 2.05) is 5.32 Å². The molecule has 0 aliphatic rings. The highest BCUT2D eigenvalue weighted by molar-refractivity contribution is 6.31. The Morgan fingerprint density at radius 2 is 1.98 bits per heavy atom. The number of halogens is 5. The van der Waals surface area contributed by atoms with Crippen LogP contribution in [-0.4, -0.2) is 45.4 Å². The molecule has 0 spiro atoms. The smallest absolute Gasteiger partial charge is 0.436 e. The van der Waals surface area contributed by atoms with E-state index in [9.17, 15) is 31.9 Å². The molecule has 2 amide bonds. The Morgan fingerprint density at radius 1 is 1.17 bits per heavy atom. The summed E-state index contributed by atoms with van der Waals surface area (Å²) in [5.41, 5.74) is -5.15. The average Bonchev–Trinajstić information content (AvgIpc) is 3.47. The van der Waals surface area contributed by atoms with Gasteiger partial charge in [0.05, 0.1) is 34.8 Å². The van der Waals surface area contributed by atoms with Gasteiger partial charge < -0.3 is 15.4 Å². The molecule has 0 fully saturated rings. The fourth-order valence-electron chi connectivity index (χ4n) is 3.77. The van der Waals surface area contributed by atoms with E-state index < -0.39 is 90.9 Å². The Hall–Kier alpha value is -4.72. The van der Waals surface area contributed by atoms with Crippen molar-refractivity contribution in [2.45, 2.75) is 25.4 Å². The summed E-state index contributed by atoms with van der Waals surface area (Å²) in [5.74, 6) is -5.20. The normalized spacial score (nSPS) is 17.2. The van der Waals surface area contributed by atoms with Crippen molar-refractivity contribution in [2.75, 3.05) is 19.3 Å². The largest absolute Gasteiger partial charge is 0.495 e. The number of nitrogens with one attached hydrogen (secondary N) is 2. The topological polar surface area (TPSA) is 120 Å². The number of pyridine rings is 1. The molecule has 2 N–H and O–H groups in total. The Kier molecular flexibility index (Phi) is 5.34. The molecule has 2 aromatic carbocycles. The number of anilines is 1. The fourth-order valence-corrected chi connectivity index (χ4v) is 3.95. The molecule has 1 atom stereocenters. The summed E-state index contributed by atoms with van der Waals surface area (Å²) in [5, 5.41) is 9.96. The van der Waals surface area contributed by atoms with E-state index in [4.69, 9.17) is 31.4 Å². The molecule has 0 bridgehead atoms. The van der Waals surface area contributed by atoms with Crippen molar-refractivity contribution >= 4 is 29.1 Å². The zero-order valence-corrected chi connectivity index (χ0v) is 21.3. The maximum absolute atomic E-state index is 14.8. The molecule has 0 saturated carbocycles. The lowest BCUT2D eigenvalue weighted by molar-refractivity contribution is -0.141. The maximum atomic E-state index is 14.8. The summed E-state index contributed by atoms with van der Waals surface area (Å²) in [6, 6.07) is 3.43. The summed E-state index contributed by atoms with van der Waals surface area (Å²) in [7, 11) is -3.35. The number of ether oxygens (including phenoxy) is 1. The summed E-state index contributed by atoms with van der Waals surface area (Å²) in [6.07, 6.45) is -7.64. The summed E-state index contributed by atoms with van der Waals surface area (Å²) in [4.78, 5) is 39.6. The molecule has 220 valence electrons. The first-order valence-corrected chi connectivity index (χ1v) is 11.6. The van der Waals surface area contributed by atoms with Crippen LogP contribution in [0.15, 0.2) is 59.7 Å². The number of rotatable bonds is 8. The van der Waals surface area contributed by atoms with Crippen molar-refractivity contribution in [1.82, 2.24) is 24.9 Å². The van der Waals surface area contributed by atoms with Crippen LogP contribution in [0.2, 0.25) is 5.02 Å². The quantitative estimate of drug-likeness (QED) is 0.272. The van der Waals surface area contributed by atoms with E-state index in [1.165, 1.54) is 6.07 Å². The maximum Gasteiger partial charge on any atom is 0.436 e. The number of amides is 2. The minimum absolute atomic E-state index is 0.0888. The third-order valence-electron chi connectivity index (χ3n) is 5.69. The Bertz CT molecular complexity index is 2120. The van der Waals surface area contributed by atoms with E-state index in [-0.39, 0.29) is 20.8 Å². The highest BCUT2D eigenvalue weighted by atomic mass is 35.5. The molecule has 4 rings (SSSR count). The molecule has 0 aliphatic carbocycles. The molecule has 0 saturated heterocycles. The molecule has 0 radical (unpaired) electrons. The van der Waals surface area contributed by atoms with Crippen LogP contribution in [0.5, 0.6) is 5.75 Å². The monoisotopic (exact) mass is 617 g/mol. The first-order chi connectivity index (χ1) is 24.1. The number of alkyl halides is 3. The van der Waals surface area contributed by atoms with Crippen molar-refractivity contribution in [3.05, 3.63) is 87.3 Å². The van der Waals surface area contributed by atoms with Crippen LogP contribution >= 0.6 is 11.6 Å². The van der Waals surface area contributed by atoms with Crippen molar-refractivity contribution in [3.8, 4) is 22.6 Å². The van der Waals surface area contributed by atoms with Crippen molar-refractivity contribution in [1.29, 1.82) is 0 Å². The molecular weight excluding hydrogens is 584 g/mol. The van der Waals surface area contributed by atoms with Crippen molar-refractivity contribution in [3.63, 3.8) is 0 Å². The second-order valence-corrected chi connectivity index (χ2v) is 8.73. The van der Waals surface area contributed by atoms with Gasteiger partial charge in [0.1, 0.15) is 17.6 Å². The number of carbonyl (C=O) groups excluding carboxylic acids is 2. The van der Waals surface area contributed by atoms with Gasteiger partial charge in [-0.3, -0.25) is 19.0 Å². The number of benzene rings is 2. The van der Waals surface area contributed by atoms with Gasteiger partial charge in [-0.2, -0.15) is 13.2 Å². The lowest BCUT2D eigenvalue weighted by atomic mass is 10.0. The molecule has 0 unspecified atom stereocenters. The highest BCUT2D eigenvalue weighted by Gasteiger charge is 2.35. The average molecular weight is 618 g/mol. The fraction of sp³-hybridized carbons (Fsp3) is 0.222. The molecular formula is C27H23ClF4N6O4. The molecule has 15 heteroatoms. The third kappa shape index (κ3) is 6.12. The second kappa shape index (κ2) is 12.0. The van der Waals surface area contributed by atoms with Crippen LogP contribution in [0.3, 0.4) is 0 Å². The molecule has 2 aromatic heterocycles. The van der Waals surface area contributed by atoms with Gasteiger partial charge in [-0.05, 0) is 42.8 Å². The minimum atomic E-state index is -4.93. The molecule has 10 nitrogen and oxygen atoms in total. The van der Waals surface area contributed by atoms with Gasteiger partial charge in [0, 0.05) is 45.8 Å². The number of nitrogens with zero attached hydrogens (tertiary/aromatic N) is 4. The van der Waals surface area contributed by atoms with Crippen LogP contribution in [0.25, 0.3) is 16.8 Å². The molecule has 4 aromatic rings. The Morgan fingerprint density at radius 3 is 2.64 bits per heavy atom. The Balaban J connectivity index is 1.90. The number of aromatic nitrogens is 4. The van der Waals surface area contributed by atoms with E-state index in [2.05, 4.69) is 10.3 Å². The molecule has 0 aliphatic heterocycles. The summed E-state index contributed by atoms with van der Waals surface area (Å²) in [6.45, 7) is -6.67. The van der Waals surface area contributed by atoms with Crippen molar-refractivity contribution in [2.24, 2.45) is 0 Å². The number of carbonyl (C=O) groups is 2. The lowest BCUT2D eigenvalue weighted by Gasteiger charge is -2.21. The highest BCUT2D eigenvalue weighted by Crippen LogP contribution is 2.36. The molecule has 2 heterocycles. The third-order valence-corrected chi connectivity index (χ3v) is 5.93. The van der Waals surface area contributed by atoms with E-state index in [0.717, 1.165) is 24.3 Å². The number of methoxy groups -OCH3 is 1.